The largest absolute Gasteiger partial charge is 0.339 e. The number of hydrogen-bond donors (Lipinski definition) is 0. The molecule has 0 unspecified atom stereocenters. The SMILES string of the molecule is CON1CCC(Cc2nc(-c3ccc(-n4nc(C)cc4C)cn3)no2)CC1. The molecule has 0 atom stereocenters. The standard InChI is InChI=1S/C19H24N6O2/c1-13-10-14(2)25(22-13)16-4-5-17(20-12-16)19-21-18(27-23-19)11-15-6-8-24(26-3)9-7-15/h4-5,10,12,15H,6-9,11H2,1-3H3. The molecule has 0 spiro atoms. The molecule has 1 aliphatic rings. The zero-order chi connectivity index (χ0) is 18.8. The summed E-state index contributed by atoms with van der Waals surface area (Å²) < 4.78 is 7.32. The third-order valence-corrected chi connectivity index (χ3v) is 4.99. The number of rotatable bonds is 5. The Morgan fingerprint density at radius 2 is 2.04 bits per heavy atom. The average Bonchev–Trinajstić information content (AvgIpc) is 3.28. The van der Waals surface area contributed by atoms with Crippen LogP contribution < -0.4 is 0 Å². The van der Waals surface area contributed by atoms with Gasteiger partial charge < -0.3 is 9.36 Å². The lowest BCUT2D eigenvalue weighted by Gasteiger charge is -2.29. The molecule has 3 aromatic rings. The topological polar surface area (TPSA) is 82.1 Å². The van der Waals surface area contributed by atoms with Gasteiger partial charge in [0.25, 0.3) is 0 Å². The lowest BCUT2D eigenvalue weighted by atomic mass is 9.94. The van der Waals surface area contributed by atoms with Crippen LogP contribution >= 0.6 is 0 Å². The summed E-state index contributed by atoms with van der Waals surface area (Å²) in [5.74, 6) is 1.75. The van der Waals surface area contributed by atoms with Gasteiger partial charge in [0.2, 0.25) is 11.7 Å². The van der Waals surface area contributed by atoms with Gasteiger partial charge in [0, 0.05) is 25.2 Å². The molecule has 1 aliphatic heterocycles. The predicted molar refractivity (Wildman–Crippen MR) is 99.1 cm³/mol. The maximum Gasteiger partial charge on any atom is 0.227 e. The molecule has 1 fully saturated rings. The van der Waals surface area contributed by atoms with E-state index in [1.165, 1.54) is 0 Å². The summed E-state index contributed by atoms with van der Waals surface area (Å²) >= 11 is 0. The molecule has 0 amide bonds. The molecule has 0 aromatic carbocycles. The summed E-state index contributed by atoms with van der Waals surface area (Å²) in [5, 5.41) is 10.6. The van der Waals surface area contributed by atoms with Crippen LogP contribution in [0.15, 0.2) is 28.9 Å². The van der Waals surface area contributed by atoms with Crippen molar-refractivity contribution in [2.24, 2.45) is 5.92 Å². The number of hydroxylamine groups is 2. The number of aryl methyl sites for hydroxylation is 2. The van der Waals surface area contributed by atoms with Gasteiger partial charge in [-0.2, -0.15) is 15.1 Å². The Morgan fingerprint density at radius 1 is 1.22 bits per heavy atom. The Labute approximate surface area is 158 Å². The van der Waals surface area contributed by atoms with Crippen molar-refractivity contribution in [3.8, 4) is 17.2 Å². The van der Waals surface area contributed by atoms with Crippen LogP contribution in [0.5, 0.6) is 0 Å². The highest BCUT2D eigenvalue weighted by Gasteiger charge is 2.22. The first kappa shape index (κ1) is 17.8. The third-order valence-electron chi connectivity index (χ3n) is 4.99. The maximum atomic E-state index is 5.45. The number of pyridine rings is 1. The van der Waals surface area contributed by atoms with E-state index in [0.29, 0.717) is 23.3 Å². The van der Waals surface area contributed by atoms with Crippen molar-refractivity contribution in [2.75, 3.05) is 20.2 Å². The van der Waals surface area contributed by atoms with Crippen molar-refractivity contribution >= 4 is 0 Å². The van der Waals surface area contributed by atoms with E-state index in [9.17, 15) is 0 Å². The molecule has 4 rings (SSSR count). The lowest BCUT2D eigenvalue weighted by Crippen LogP contribution is -2.33. The van der Waals surface area contributed by atoms with Crippen molar-refractivity contribution in [3.63, 3.8) is 0 Å². The Hall–Kier alpha value is -2.58. The summed E-state index contributed by atoms with van der Waals surface area (Å²) in [4.78, 5) is 14.3. The van der Waals surface area contributed by atoms with E-state index in [1.807, 2.05) is 41.8 Å². The molecule has 4 heterocycles. The van der Waals surface area contributed by atoms with Crippen molar-refractivity contribution in [2.45, 2.75) is 33.1 Å². The fourth-order valence-corrected chi connectivity index (χ4v) is 3.52. The highest BCUT2D eigenvalue weighted by molar-refractivity contribution is 5.50. The zero-order valence-electron chi connectivity index (χ0n) is 15.9. The van der Waals surface area contributed by atoms with Crippen LogP contribution in [-0.2, 0) is 11.3 Å². The molecule has 0 bridgehead atoms. The second-order valence-electron chi connectivity index (χ2n) is 7.01. The molecule has 0 radical (unpaired) electrons. The minimum Gasteiger partial charge on any atom is -0.339 e. The van der Waals surface area contributed by atoms with Crippen molar-refractivity contribution in [3.05, 3.63) is 41.7 Å². The third kappa shape index (κ3) is 3.91. The van der Waals surface area contributed by atoms with Gasteiger partial charge in [-0.05, 0) is 50.8 Å². The van der Waals surface area contributed by atoms with Crippen LogP contribution in [0.1, 0.15) is 30.1 Å². The first-order valence-electron chi connectivity index (χ1n) is 9.24. The van der Waals surface area contributed by atoms with Gasteiger partial charge in [-0.1, -0.05) is 5.16 Å². The maximum absolute atomic E-state index is 5.45. The summed E-state index contributed by atoms with van der Waals surface area (Å²) in [5.41, 5.74) is 3.67. The molecule has 8 nitrogen and oxygen atoms in total. The molecular weight excluding hydrogens is 344 g/mol. The van der Waals surface area contributed by atoms with Crippen LogP contribution in [0.4, 0.5) is 0 Å². The van der Waals surface area contributed by atoms with E-state index in [0.717, 1.165) is 49.4 Å². The van der Waals surface area contributed by atoms with E-state index < -0.39 is 0 Å². The number of nitrogens with zero attached hydrogens (tertiary/aromatic N) is 6. The second kappa shape index (κ2) is 7.58. The first-order valence-corrected chi connectivity index (χ1v) is 9.24. The summed E-state index contributed by atoms with van der Waals surface area (Å²) in [6, 6.07) is 5.91. The zero-order valence-corrected chi connectivity index (χ0v) is 15.9. The van der Waals surface area contributed by atoms with Crippen LogP contribution in [0, 0.1) is 19.8 Å². The van der Waals surface area contributed by atoms with Gasteiger partial charge >= 0.3 is 0 Å². The minimum atomic E-state index is 0.527. The smallest absolute Gasteiger partial charge is 0.227 e. The minimum absolute atomic E-state index is 0.527. The Balaban J connectivity index is 1.43. The summed E-state index contributed by atoms with van der Waals surface area (Å²) in [7, 11) is 1.72. The molecule has 142 valence electrons. The lowest BCUT2D eigenvalue weighted by molar-refractivity contribution is -0.148. The molecular formula is C19H24N6O2. The second-order valence-corrected chi connectivity index (χ2v) is 7.01. The van der Waals surface area contributed by atoms with Crippen molar-refractivity contribution in [1.29, 1.82) is 0 Å². The van der Waals surface area contributed by atoms with Crippen LogP contribution in [-0.4, -0.2) is 50.2 Å². The predicted octanol–water partition coefficient (Wildman–Crippen LogP) is 2.75. The van der Waals surface area contributed by atoms with Gasteiger partial charge in [-0.3, -0.25) is 4.98 Å². The monoisotopic (exact) mass is 368 g/mol. The molecule has 0 aliphatic carbocycles. The van der Waals surface area contributed by atoms with Gasteiger partial charge in [-0.25, -0.2) is 4.68 Å². The van der Waals surface area contributed by atoms with E-state index in [-0.39, 0.29) is 0 Å². The number of aromatic nitrogens is 5. The molecule has 1 saturated heterocycles. The molecule has 27 heavy (non-hydrogen) atoms. The quantitative estimate of drug-likeness (QED) is 0.685. The highest BCUT2D eigenvalue weighted by Crippen LogP contribution is 2.22. The van der Waals surface area contributed by atoms with Gasteiger partial charge in [0.05, 0.1) is 24.7 Å². The summed E-state index contributed by atoms with van der Waals surface area (Å²) in [6.07, 6.45) is 4.72. The Morgan fingerprint density at radius 3 is 2.67 bits per heavy atom. The van der Waals surface area contributed by atoms with Gasteiger partial charge in [0.15, 0.2) is 0 Å². The van der Waals surface area contributed by atoms with Crippen LogP contribution in [0.3, 0.4) is 0 Å². The first-order chi connectivity index (χ1) is 13.1. The molecule has 0 saturated carbocycles. The fraction of sp³-hybridized carbons (Fsp3) is 0.474. The Kier molecular flexibility index (Phi) is 5.00. The van der Waals surface area contributed by atoms with E-state index >= 15 is 0 Å². The average molecular weight is 368 g/mol. The molecule has 8 heteroatoms. The highest BCUT2D eigenvalue weighted by atomic mass is 16.7. The van der Waals surface area contributed by atoms with Crippen molar-refractivity contribution in [1.82, 2.24) is 30.0 Å². The molecule has 0 N–H and O–H groups in total. The van der Waals surface area contributed by atoms with Gasteiger partial charge in [-0.15, -0.1) is 0 Å². The fourth-order valence-electron chi connectivity index (χ4n) is 3.52. The van der Waals surface area contributed by atoms with Gasteiger partial charge in [0.1, 0.15) is 5.69 Å². The van der Waals surface area contributed by atoms with Crippen molar-refractivity contribution < 1.29 is 9.36 Å². The Bertz CT molecular complexity index is 893. The van der Waals surface area contributed by atoms with E-state index in [1.54, 1.807) is 13.3 Å². The summed E-state index contributed by atoms with van der Waals surface area (Å²) in [6.45, 7) is 5.89. The number of piperidine rings is 1. The normalized spacial score (nSPS) is 16.1. The van der Waals surface area contributed by atoms with E-state index in [4.69, 9.17) is 9.36 Å². The van der Waals surface area contributed by atoms with Crippen LogP contribution in [0.2, 0.25) is 0 Å². The van der Waals surface area contributed by atoms with E-state index in [2.05, 4.69) is 20.2 Å². The van der Waals surface area contributed by atoms with Crippen LogP contribution in [0.25, 0.3) is 17.2 Å². The molecule has 3 aromatic heterocycles. The number of hydrogen-bond acceptors (Lipinski definition) is 7.